The van der Waals surface area contributed by atoms with E-state index in [-0.39, 0.29) is 24.1 Å². The first-order chi connectivity index (χ1) is 14.4. The van der Waals surface area contributed by atoms with Gasteiger partial charge in [-0.1, -0.05) is 33.1 Å². The van der Waals surface area contributed by atoms with Crippen molar-refractivity contribution in [2.45, 2.75) is 71.0 Å². The summed E-state index contributed by atoms with van der Waals surface area (Å²) < 4.78 is 6.10. The van der Waals surface area contributed by atoms with Crippen LogP contribution < -0.4 is 10.1 Å². The van der Waals surface area contributed by atoms with Crippen LogP contribution in [0.15, 0.2) is 18.2 Å². The van der Waals surface area contributed by atoms with E-state index in [1.165, 1.54) is 19.3 Å². The smallest absolute Gasteiger partial charge is 0.255 e. The molecule has 7 heteroatoms. The number of hydrogen-bond acceptors (Lipinski definition) is 5. The van der Waals surface area contributed by atoms with Crippen molar-refractivity contribution >= 4 is 17.7 Å². The van der Waals surface area contributed by atoms with Gasteiger partial charge in [0.25, 0.3) is 5.91 Å². The zero-order chi connectivity index (χ0) is 21.7. The van der Waals surface area contributed by atoms with Gasteiger partial charge in [-0.05, 0) is 50.2 Å². The van der Waals surface area contributed by atoms with E-state index in [4.69, 9.17) is 4.74 Å². The third-order valence-corrected chi connectivity index (χ3v) is 6.20. The first-order valence-electron chi connectivity index (χ1n) is 11.0. The number of carbonyl (C=O) groups excluding carboxylic acids is 3. The molecule has 30 heavy (non-hydrogen) atoms. The van der Waals surface area contributed by atoms with Crippen LogP contribution in [0.5, 0.6) is 5.75 Å². The number of unbranched alkanes of at least 4 members (excludes halogenated alkanes) is 2. The Morgan fingerprint density at radius 3 is 2.73 bits per heavy atom. The zero-order valence-corrected chi connectivity index (χ0v) is 18.3. The fraction of sp³-hybridized carbons (Fsp3) is 0.609. The molecule has 1 fully saturated rings. The van der Waals surface area contributed by atoms with Gasteiger partial charge in [0.05, 0.1) is 0 Å². The molecule has 3 rings (SSSR count). The molecule has 1 saturated heterocycles. The second kappa shape index (κ2) is 10.1. The highest BCUT2D eigenvalue weighted by Gasteiger charge is 2.39. The number of ether oxygens (including phenoxy) is 1. The Morgan fingerprint density at radius 1 is 1.23 bits per heavy atom. The average Bonchev–Trinajstić information content (AvgIpc) is 3.05. The summed E-state index contributed by atoms with van der Waals surface area (Å²) in [6, 6.07) is 5.30. The second-order valence-corrected chi connectivity index (χ2v) is 8.25. The van der Waals surface area contributed by atoms with Crippen molar-refractivity contribution in [3.05, 3.63) is 29.3 Å². The summed E-state index contributed by atoms with van der Waals surface area (Å²) in [5, 5.41) is 2.33. The molecule has 0 aromatic heterocycles. The lowest BCUT2D eigenvalue weighted by atomic mass is 10.0. The Bertz CT molecular complexity index is 795. The van der Waals surface area contributed by atoms with Crippen molar-refractivity contribution in [2.75, 3.05) is 20.2 Å². The number of hydrogen-bond donors (Lipinski definition) is 1. The summed E-state index contributed by atoms with van der Waals surface area (Å²) in [5.74, 6) is -0.0751. The molecule has 2 aliphatic heterocycles. The maximum atomic E-state index is 12.8. The molecule has 3 amide bonds. The van der Waals surface area contributed by atoms with E-state index in [1.807, 2.05) is 12.1 Å². The Balaban J connectivity index is 1.64. The Kier molecular flexibility index (Phi) is 7.48. The average molecular weight is 416 g/mol. The normalized spacial score (nSPS) is 19.8. The molecule has 0 radical (unpaired) electrons. The largest absolute Gasteiger partial charge is 0.492 e. The van der Waals surface area contributed by atoms with Gasteiger partial charge in [0.2, 0.25) is 11.8 Å². The molecule has 0 spiro atoms. The van der Waals surface area contributed by atoms with Gasteiger partial charge < -0.3 is 14.5 Å². The first kappa shape index (κ1) is 22.3. The fourth-order valence-corrected chi connectivity index (χ4v) is 4.15. The Morgan fingerprint density at radius 2 is 2.03 bits per heavy atom. The first-order valence-corrected chi connectivity index (χ1v) is 11.0. The van der Waals surface area contributed by atoms with Crippen molar-refractivity contribution < 1.29 is 19.1 Å². The lowest BCUT2D eigenvalue weighted by Crippen LogP contribution is -2.52. The van der Waals surface area contributed by atoms with E-state index in [1.54, 1.807) is 11.0 Å². The summed E-state index contributed by atoms with van der Waals surface area (Å²) in [4.78, 5) is 40.3. The van der Waals surface area contributed by atoms with Crippen LogP contribution in [0.2, 0.25) is 0 Å². The summed E-state index contributed by atoms with van der Waals surface area (Å²) in [5.41, 5.74) is 1.48. The van der Waals surface area contributed by atoms with Gasteiger partial charge in [-0.25, -0.2) is 0 Å². The van der Waals surface area contributed by atoms with Crippen LogP contribution in [0.1, 0.15) is 68.3 Å². The molecule has 1 N–H and O–H groups in total. The molecule has 1 aromatic carbocycles. The summed E-state index contributed by atoms with van der Waals surface area (Å²) in [6.45, 7) is 6.31. The number of piperidine rings is 1. The number of carbonyl (C=O) groups is 3. The monoisotopic (exact) mass is 415 g/mol. The van der Waals surface area contributed by atoms with E-state index in [9.17, 15) is 14.4 Å². The molecule has 164 valence electrons. The molecular weight excluding hydrogens is 382 g/mol. The molecule has 2 atom stereocenters. The van der Waals surface area contributed by atoms with Crippen molar-refractivity contribution in [2.24, 2.45) is 0 Å². The minimum atomic E-state index is -0.590. The predicted molar refractivity (Wildman–Crippen MR) is 114 cm³/mol. The molecular formula is C23H33N3O4. The van der Waals surface area contributed by atoms with Crippen molar-refractivity contribution in [3.8, 4) is 5.75 Å². The van der Waals surface area contributed by atoms with Gasteiger partial charge in [0.1, 0.15) is 18.4 Å². The predicted octanol–water partition coefficient (Wildman–Crippen LogP) is 2.73. The number of amides is 3. The topological polar surface area (TPSA) is 79.0 Å². The molecule has 7 nitrogen and oxygen atoms in total. The number of fused-ring (bicyclic) bond motifs is 1. The summed E-state index contributed by atoms with van der Waals surface area (Å²) in [6.07, 6.45) is 5.35. The molecule has 0 aliphatic carbocycles. The van der Waals surface area contributed by atoms with Gasteiger partial charge in [-0.2, -0.15) is 0 Å². The van der Waals surface area contributed by atoms with Crippen molar-refractivity contribution in [1.82, 2.24) is 15.1 Å². The van der Waals surface area contributed by atoms with Gasteiger partial charge in [0, 0.05) is 24.6 Å². The summed E-state index contributed by atoms with van der Waals surface area (Å²) in [7, 11) is 2.12. The standard InChI is InChI=1S/C23H33N3O4/c1-4-6-7-8-17(25(3)5-2)15-30-18-9-10-19-16(13-18)14-26(23(19)29)20-11-12-21(27)24-22(20)28/h9-10,13,17,20H,4-8,11-12,14-15H2,1-3H3,(H,24,27,28). The third-order valence-electron chi connectivity index (χ3n) is 6.20. The lowest BCUT2D eigenvalue weighted by Gasteiger charge is -2.29. The Hall–Kier alpha value is -2.41. The fourth-order valence-electron chi connectivity index (χ4n) is 4.15. The highest BCUT2D eigenvalue weighted by molar-refractivity contribution is 6.05. The molecule has 0 saturated carbocycles. The van der Waals surface area contributed by atoms with Gasteiger partial charge in [-0.3, -0.25) is 19.7 Å². The number of nitrogens with zero attached hydrogens (tertiary/aromatic N) is 2. The molecule has 2 heterocycles. The highest BCUT2D eigenvalue weighted by atomic mass is 16.5. The maximum absolute atomic E-state index is 12.8. The van der Waals surface area contributed by atoms with E-state index in [0.29, 0.717) is 31.2 Å². The quantitative estimate of drug-likeness (QED) is 0.470. The van der Waals surface area contributed by atoms with Crippen molar-refractivity contribution in [1.29, 1.82) is 0 Å². The molecule has 2 unspecified atom stereocenters. The summed E-state index contributed by atoms with van der Waals surface area (Å²) >= 11 is 0. The number of benzene rings is 1. The minimum Gasteiger partial charge on any atom is -0.492 e. The molecule has 1 aromatic rings. The van der Waals surface area contributed by atoms with Gasteiger partial charge in [-0.15, -0.1) is 0 Å². The van der Waals surface area contributed by atoms with Crippen LogP contribution in [-0.2, 0) is 16.1 Å². The maximum Gasteiger partial charge on any atom is 0.255 e. The second-order valence-electron chi connectivity index (χ2n) is 8.25. The van der Waals surface area contributed by atoms with E-state index >= 15 is 0 Å². The van der Waals surface area contributed by atoms with E-state index in [2.05, 4.69) is 31.1 Å². The van der Waals surface area contributed by atoms with Crippen LogP contribution in [0.25, 0.3) is 0 Å². The Labute approximate surface area is 178 Å². The van der Waals surface area contributed by atoms with E-state index in [0.717, 1.165) is 24.3 Å². The van der Waals surface area contributed by atoms with Gasteiger partial charge in [0.15, 0.2) is 0 Å². The highest BCUT2D eigenvalue weighted by Crippen LogP contribution is 2.30. The number of nitrogens with one attached hydrogen (secondary N) is 1. The van der Waals surface area contributed by atoms with Crippen LogP contribution in [-0.4, -0.2) is 59.8 Å². The van der Waals surface area contributed by atoms with Crippen LogP contribution in [0.3, 0.4) is 0 Å². The number of likely N-dealkylation sites (N-methyl/N-ethyl adjacent to an activating group) is 1. The van der Waals surface area contributed by atoms with Crippen LogP contribution >= 0.6 is 0 Å². The minimum absolute atomic E-state index is 0.158. The lowest BCUT2D eigenvalue weighted by molar-refractivity contribution is -0.136. The van der Waals surface area contributed by atoms with Crippen LogP contribution in [0.4, 0.5) is 0 Å². The SMILES string of the molecule is CCCCCC(COc1ccc2c(c1)CN(C1CCC(=O)NC1=O)C2=O)N(C)CC. The van der Waals surface area contributed by atoms with Gasteiger partial charge >= 0.3 is 0 Å². The number of rotatable bonds is 10. The third kappa shape index (κ3) is 5.01. The number of imide groups is 1. The van der Waals surface area contributed by atoms with Crippen LogP contribution in [0, 0.1) is 0 Å². The van der Waals surface area contributed by atoms with E-state index < -0.39 is 6.04 Å². The van der Waals surface area contributed by atoms with Crippen molar-refractivity contribution in [3.63, 3.8) is 0 Å². The molecule has 2 aliphatic rings. The molecule has 0 bridgehead atoms. The zero-order valence-electron chi connectivity index (χ0n) is 18.3.